The normalized spacial score (nSPS) is 14.0. The largest absolute Gasteiger partial charge is 0.270 e. The number of halogens is 1. The van der Waals surface area contributed by atoms with E-state index in [2.05, 4.69) is 9.71 Å². The molecule has 2 rings (SSSR count). The number of nitrogens with one attached hydrogen (secondary N) is 1. The molecule has 0 aromatic carbocycles. The van der Waals surface area contributed by atoms with Crippen LogP contribution in [0.15, 0.2) is 45.8 Å². The second-order valence-corrected chi connectivity index (χ2v) is 9.75. The van der Waals surface area contributed by atoms with Gasteiger partial charge in [-0.25, -0.2) is 21.6 Å². The molecule has 0 radical (unpaired) electrons. The van der Waals surface area contributed by atoms with Gasteiger partial charge < -0.3 is 0 Å². The molecule has 21 heavy (non-hydrogen) atoms. The minimum Gasteiger partial charge on any atom is -0.263 e. The molecule has 114 valence electrons. The number of pyridine rings is 1. The molecule has 2 aromatic rings. The Bertz CT molecular complexity index is 831. The zero-order chi connectivity index (χ0) is 15.7. The minimum atomic E-state index is -3.81. The monoisotopic (exact) mass is 366 g/mol. The summed E-state index contributed by atoms with van der Waals surface area (Å²) in [6.07, 6.45) is 2.71. The predicted octanol–water partition coefficient (Wildman–Crippen LogP) is 2.11. The summed E-state index contributed by atoms with van der Waals surface area (Å²) in [4.78, 5) is 4.34. The fraction of sp³-hybridized carbons (Fsp3) is 0.182. The second-order valence-electron chi connectivity index (χ2n) is 4.13. The number of nitrogens with zero attached hydrogens (tertiary/aromatic N) is 1. The van der Waals surface area contributed by atoms with Gasteiger partial charge in [0.15, 0.2) is 0 Å². The van der Waals surface area contributed by atoms with E-state index in [1.807, 2.05) is 0 Å². The molecule has 1 atom stereocenters. The van der Waals surface area contributed by atoms with Crippen LogP contribution < -0.4 is 4.72 Å². The van der Waals surface area contributed by atoms with E-state index in [0.29, 0.717) is 4.88 Å². The molecule has 0 saturated heterocycles. The van der Waals surface area contributed by atoms with Crippen LogP contribution in [0.3, 0.4) is 0 Å². The molecule has 1 N–H and O–H groups in total. The van der Waals surface area contributed by atoms with Crippen molar-refractivity contribution in [3.63, 3.8) is 0 Å². The highest BCUT2D eigenvalue weighted by atomic mass is 35.7. The number of sulfonamides is 1. The van der Waals surface area contributed by atoms with Gasteiger partial charge in [-0.1, -0.05) is 0 Å². The van der Waals surface area contributed by atoms with Crippen LogP contribution in [-0.2, 0) is 19.1 Å². The van der Waals surface area contributed by atoms with Gasteiger partial charge in [-0.2, -0.15) is 0 Å². The lowest BCUT2D eigenvalue weighted by Gasteiger charge is -2.12. The van der Waals surface area contributed by atoms with Gasteiger partial charge in [0, 0.05) is 28.0 Å². The van der Waals surface area contributed by atoms with E-state index in [-0.39, 0.29) is 9.10 Å². The van der Waals surface area contributed by atoms with Gasteiger partial charge in [0.2, 0.25) is 10.0 Å². The maximum Gasteiger partial charge on any atom is 0.270 e. The van der Waals surface area contributed by atoms with Crippen LogP contribution in [-0.4, -0.2) is 21.8 Å². The Morgan fingerprint density at radius 3 is 2.48 bits per heavy atom. The predicted molar refractivity (Wildman–Crippen MR) is 80.3 cm³/mol. The van der Waals surface area contributed by atoms with Crippen LogP contribution in [0.2, 0.25) is 0 Å². The lowest BCUT2D eigenvalue weighted by molar-refractivity contribution is 0.568. The van der Waals surface area contributed by atoms with Crippen LogP contribution >= 0.6 is 22.0 Å². The van der Waals surface area contributed by atoms with Gasteiger partial charge in [0.05, 0.1) is 6.04 Å². The number of hydrogen-bond acceptors (Lipinski definition) is 6. The molecular formula is C11H11ClN2O4S3. The van der Waals surface area contributed by atoms with Crippen LogP contribution in [0.4, 0.5) is 0 Å². The van der Waals surface area contributed by atoms with Crippen molar-refractivity contribution in [3.8, 4) is 0 Å². The Morgan fingerprint density at radius 2 is 1.95 bits per heavy atom. The Hall–Kier alpha value is -1.000. The number of rotatable bonds is 5. The number of thiophene rings is 1. The first-order chi connectivity index (χ1) is 9.70. The number of hydrogen-bond donors (Lipinski definition) is 1. The molecule has 0 bridgehead atoms. The molecule has 0 aliphatic carbocycles. The van der Waals surface area contributed by atoms with Crippen molar-refractivity contribution in [2.24, 2.45) is 0 Å². The van der Waals surface area contributed by atoms with Gasteiger partial charge in [-0.05, 0) is 31.2 Å². The maximum absolute atomic E-state index is 12.1. The highest BCUT2D eigenvalue weighted by molar-refractivity contribution is 8.15. The third-order valence-corrected chi connectivity index (χ3v) is 7.43. The first-order valence-corrected chi connectivity index (χ1v) is 10.3. The third-order valence-electron chi connectivity index (χ3n) is 2.55. The van der Waals surface area contributed by atoms with E-state index < -0.39 is 25.1 Å². The maximum atomic E-state index is 12.1. The molecule has 0 fully saturated rings. The molecule has 0 aliphatic rings. The molecule has 0 spiro atoms. The third kappa shape index (κ3) is 4.01. The van der Waals surface area contributed by atoms with Gasteiger partial charge in [0.1, 0.15) is 9.10 Å². The standard InChI is InChI=1S/C11H11ClN2O4S3/c1-8(10-4-5-11(19-10)20(12,15)16)14-21(17,18)9-3-2-6-13-7-9/h2-8,14H,1H3. The van der Waals surface area contributed by atoms with E-state index in [1.165, 1.54) is 36.7 Å². The summed E-state index contributed by atoms with van der Waals surface area (Å²) in [6.45, 7) is 1.62. The summed E-state index contributed by atoms with van der Waals surface area (Å²) in [7, 11) is -2.29. The van der Waals surface area contributed by atoms with Crippen LogP contribution in [0.1, 0.15) is 17.8 Å². The SMILES string of the molecule is CC(NS(=O)(=O)c1cccnc1)c1ccc(S(=O)(=O)Cl)s1. The van der Waals surface area contributed by atoms with Crippen LogP contribution in [0.5, 0.6) is 0 Å². The first-order valence-electron chi connectivity index (χ1n) is 5.67. The van der Waals surface area contributed by atoms with E-state index in [0.717, 1.165) is 11.3 Å². The highest BCUT2D eigenvalue weighted by Gasteiger charge is 2.21. The Morgan fingerprint density at radius 1 is 1.24 bits per heavy atom. The average Bonchev–Trinajstić information content (AvgIpc) is 2.89. The zero-order valence-corrected chi connectivity index (χ0v) is 13.9. The van der Waals surface area contributed by atoms with E-state index in [1.54, 1.807) is 6.92 Å². The topological polar surface area (TPSA) is 93.2 Å². The lowest BCUT2D eigenvalue weighted by atomic mass is 10.3. The first kappa shape index (κ1) is 16.4. The summed E-state index contributed by atoms with van der Waals surface area (Å²) in [5, 5.41) is 0. The molecule has 1 unspecified atom stereocenters. The van der Waals surface area contributed by atoms with Crippen LogP contribution in [0, 0.1) is 0 Å². The smallest absolute Gasteiger partial charge is 0.263 e. The lowest BCUT2D eigenvalue weighted by Crippen LogP contribution is -2.26. The summed E-state index contributed by atoms with van der Waals surface area (Å²) in [5.41, 5.74) is 0. The molecule has 2 heterocycles. The quantitative estimate of drug-likeness (QED) is 0.818. The zero-order valence-electron chi connectivity index (χ0n) is 10.7. The second kappa shape index (κ2) is 6.01. The van der Waals surface area contributed by atoms with Crippen molar-refractivity contribution in [3.05, 3.63) is 41.5 Å². The van der Waals surface area contributed by atoms with E-state index >= 15 is 0 Å². The van der Waals surface area contributed by atoms with Crippen LogP contribution in [0.25, 0.3) is 0 Å². The molecule has 2 aromatic heterocycles. The highest BCUT2D eigenvalue weighted by Crippen LogP contribution is 2.29. The number of aromatic nitrogens is 1. The Balaban J connectivity index is 2.22. The molecule has 0 amide bonds. The van der Waals surface area contributed by atoms with E-state index in [4.69, 9.17) is 10.7 Å². The Labute approximate surface area is 131 Å². The molecule has 0 aliphatic heterocycles. The van der Waals surface area contributed by atoms with Crippen molar-refractivity contribution in [2.75, 3.05) is 0 Å². The van der Waals surface area contributed by atoms with Crippen molar-refractivity contribution in [1.29, 1.82) is 0 Å². The average molecular weight is 367 g/mol. The summed E-state index contributed by atoms with van der Waals surface area (Å²) >= 11 is 0.921. The minimum absolute atomic E-state index is 0.0217. The van der Waals surface area contributed by atoms with Gasteiger partial charge in [0.25, 0.3) is 9.05 Å². The van der Waals surface area contributed by atoms with Gasteiger partial charge >= 0.3 is 0 Å². The molecule has 10 heteroatoms. The molecule has 6 nitrogen and oxygen atoms in total. The summed E-state index contributed by atoms with van der Waals surface area (Å²) in [5.74, 6) is 0. The van der Waals surface area contributed by atoms with Crippen molar-refractivity contribution in [2.45, 2.75) is 22.1 Å². The Kier molecular flexibility index (Phi) is 4.69. The fourth-order valence-electron chi connectivity index (χ4n) is 1.56. The molecular weight excluding hydrogens is 356 g/mol. The van der Waals surface area contributed by atoms with Gasteiger partial charge in [-0.3, -0.25) is 4.98 Å². The fourth-order valence-corrected chi connectivity index (χ4v) is 4.92. The van der Waals surface area contributed by atoms with Crippen molar-refractivity contribution in [1.82, 2.24) is 9.71 Å². The summed E-state index contributed by atoms with van der Waals surface area (Å²) in [6, 6.07) is 5.22. The van der Waals surface area contributed by atoms with E-state index in [9.17, 15) is 16.8 Å². The molecule has 0 saturated carbocycles. The van der Waals surface area contributed by atoms with Crippen molar-refractivity contribution < 1.29 is 16.8 Å². The summed E-state index contributed by atoms with van der Waals surface area (Å²) < 4.78 is 49.1. The van der Waals surface area contributed by atoms with Crippen molar-refractivity contribution >= 4 is 41.1 Å². The van der Waals surface area contributed by atoms with Gasteiger partial charge in [-0.15, -0.1) is 11.3 Å².